The summed E-state index contributed by atoms with van der Waals surface area (Å²) in [4.78, 5) is 15.6. The fourth-order valence-corrected chi connectivity index (χ4v) is 2.82. The van der Waals surface area contributed by atoms with Crippen LogP contribution in [0.2, 0.25) is 0 Å². The number of nitrogens with zero attached hydrogens (tertiary/aromatic N) is 1. The molecule has 116 valence electrons. The lowest BCUT2D eigenvalue weighted by atomic mass is 10.1. The van der Waals surface area contributed by atoms with Crippen LogP contribution < -0.4 is 0 Å². The first kappa shape index (κ1) is 16.6. The Kier molecular flexibility index (Phi) is 5.61. The Labute approximate surface area is 135 Å². The molecule has 2 aromatic rings. The fraction of sp³-hybridized carbons (Fsp3) is 0.278. The van der Waals surface area contributed by atoms with Crippen LogP contribution in [-0.2, 0) is 0 Å². The standard InChI is InChI=1S/C18H20FNOS/c1-4-20(13(2)14-5-9-16(19)10-6-14)18(21)15-7-11-17(22-3)12-8-15/h5-13H,4H2,1-3H3. The molecule has 0 aliphatic carbocycles. The Morgan fingerprint density at radius 2 is 1.73 bits per heavy atom. The van der Waals surface area contributed by atoms with E-state index in [1.54, 1.807) is 28.8 Å². The Balaban J connectivity index is 2.21. The zero-order valence-electron chi connectivity index (χ0n) is 13.0. The van der Waals surface area contributed by atoms with Crippen molar-refractivity contribution in [3.8, 4) is 0 Å². The molecule has 0 saturated heterocycles. The van der Waals surface area contributed by atoms with Gasteiger partial charge in [-0.3, -0.25) is 4.79 Å². The largest absolute Gasteiger partial charge is 0.332 e. The summed E-state index contributed by atoms with van der Waals surface area (Å²) < 4.78 is 13.0. The molecule has 0 bridgehead atoms. The quantitative estimate of drug-likeness (QED) is 0.740. The smallest absolute Gasteiger partial charge is 0.254 e. The van der Waals surface area contributed by atoms with Crippen molar-refractivity contribution in [2.45, 2.75) is 24.8 Å². The van der Waals surface area contributed by atoms with E-state index >= 15 is 0 Å². The van der Waals surface area contributed by atoms with Crippen LogP contribution in [0.3, 0.4) is 0 Å². The van der Waals surface area contributed by atoms with Gasteiger partial charge in [0, 0.05) is 17.0 Å². The third-order valence-electron chi connectivity index (χ3n) is 3.76. The van der Waals surface area contributed by atoms with Gasteiger partial charge in [0.15, 0.2) is 0 Å². The summed E-state index contributed by atoms with van der Waals surface area (Å²) in [5.74, 6) is -0.273. The average Bonchev–Trinajstić information content (AvgIpc) is 2.56. The summed E-state index contributed by atoms with van der Waals surface area (Å²) in [5.41, 5.74) is 1.60. The first-order valence-corrected chi connectivity index (χ1v) is 8.49. The van der Waals surface area contributed by atoms with Crippen molar-refractivity contribution in [3.05, 3.63) is 65.5 Å². The normalized spacial score (nSPS) is 12.0. The van der Waals surface area contributed by atoms with Gasteiger partial charge >= 0.3 is 0 Å². The second kappa shape index (κ2) is 7.45. The topological polar surface area (TPSA) is 20.3 Å². The van der Waals surface area contributed by atoms with E-state index in [0.29, 0.717) is 12.1 Å². The van der Waals surface area contributed by atoms with Crippen molar-refractivity contribution >= 4 is 17.7 Å². The minimum absolute atomic E-state index is 0.00743. The van der Waals surface area contributed by atoms with Crippen LogP contribution in [0.25, 0.3) is 0 Å². The molecular weight excluding hydrogens is 297 g/mol. The molecular formula is C18H20FNOS. The number of hydrogen-bond acceptors (Lipinski definition) is 2. The minimum Gasteiger partial charge on any atom is -0.332 e. The maximum atomic E-state index is 13.0. The van der Waals surface area contributed by atoms with Gasteiger partial charge < -0.3 is 4.90 Å². The van der Waals surface area contributed by atoms with E-state index in [-0.39, 0.29) is 17.8 Å². The van der Waals surface area contributed by atoms with Crippen LogP contribution in [0.4, 0.5) is 4.39 Å². The van der Waals surface area contributed by atoms with Crippen molar-refractivity contribution in [1.29, 1.82) is 0 Å². The van der Waals surface area contributed by atoms with E-state index in [4.69, 9.17) is 0 Å². The molecule has 0 N–H and O–H groups in total. The molecule has 0 saturated carbocycles. The molecule has 0 aliphatic rings. The van der Waals surface area contributed by atoms with Crippen molar-refractivity contribution in [3.63, 3.8) is 0 Å². The maximum Gasteiger partial charge on any atom is 0.254 e. The Morgan fingerprint density at radius 1 is 1.14 bits per heavy atom. The third kappa shape index (κ3) is 3.69. The number of rotatable bonds is 5. The summed E-state index contributed by atoms with van der Waals surface area (Å²) in [6.07, 6.45) is 2.01. The highest BCUT2D eigenvalue weighted by molar-refractivity contribution is 7.98. The van der Waals surface area contributed by atoms with E-state index in [9.17, 15) is 9.18 Å². The molecule has 22 heavy (non-hydrogen) atoms. The number of halogens is 1. The summed E-state index contributed by atoms with van der Waals surface area (Å²) in [6, 6.07) is 13.8. The van der Waals surface area contributed by atoms with Gasteiger partial charge in [0.1, 0.15) is 5.82 Å². The highest BCUT2D eigenvalue weighted by Gasteiger charge is 2.21. The molecule has 4 heteroatoms. The van der Waals surface area contributed by atoms with Crippen LogP contribution in [0.1, 0.15) is 35.8 Å². The molecule has 1 amide bonds. The van der Waals surface area contributed by atoms with Crippen LogP contribution in [0.5, 0.6) is 0 Å². The first-order valence-electron chi connectivity index (χ1n) is 7.27. The molecule has 1 unspecified atom stereocenters. The maximum absolute atomic E-state index is 13.0. The average molecular weight is 317 g/mol. The molecule has 1 atom stereocenters. The van der Waals surface area contributed by atoms with Gasteiger partial charge in [-0.1, -0.05) is 12.1 Å². The van der Waals surface area contributed by atoms with Gasteiger partial charge in [0.05, 0.1) is 6.04 Å². The molecule has 2 nitrogen and oxygen atoms in total. The van der Waals surface area contributed by atoms with Gasteiger partial charge in [-0.2, -0.15) is 0 Å². The summed E-state index contributed by atoms with van der Waals surface area (Å²) in [5, 5.41) is 0. The number of amides is 1. The highest BCUT2D eigenvalue weighted by Crippen LogP contribution is 2.23. The number of carbonyl (C=O) groups excluding carboxylic acids is 1. The fourth-order valence-electron chi connectivity index (χ4n) is 2.41. The van der Waals surface area contributed by atoms with E-state index in [1.807, 2.05) is 44.4 Å². The molecule has 0 aliphatic heterocycles. The molecule has 0 fully saturated rings. The molecule has 0 spiro atoms. The van der Waals surface area contributed by atoms with Crippen LogP contribution >= 0.6 is 11.8 Å². The monoisotopic (exact) mass is 317 g/mol. The molecule has 0 aromatic heterocycles. The molecule has 0 radical (unpaired) electrons. The van der Waals surface area contributed by atoms with Gasteiger partial charge in [0.2, 0.25) is 0 Å². The van der Waals surface area contributed by atoms with E-state index in [0.717, 1.165) is 10.5 Å². The summed E-state index contributed by atoms with van der Waals surface area (Å²) in [7, 11) is 0. The number of carbonyl (C=O) groups is 1. The second-order valence-electron chi connectivity index (χ2n) is 5.05. The third-order valence-corrected chi connectivity index (χ3v) is 4.50. The summed E-state index contributed by atoms with van der Waals surface area (Å²) in [6.45, 7) is 4.51. The second-order valence-corrected chi connectivity index (χ2v) is 5.93. The predicted octanol–water partition coefficient (Wildman–Crippen LogP) is 4.77. The lowest BCUT2D eigenvalue weighted by Crippen LogP contribution is -2.33. The van der Waals surface area contributed by atoms with Gasteiger partial charge in [-0.05, 0) is 62.1 Å². The number of thioether (sulfide) groups is 1. The van der Waals surface area contributed by atoms with Crippen LogP contribution in [-0.4, -0.2) is 23.6 Å². The van der Waals surface area contributed by atoms with Crippen molar-refractivity contribution in [2.75, 3.05) is 12.8 Å². The zero-order chi connectivity index (χ0) is 16.1. The Bertz CT molecular complexity index is 625. The lowest BCUT2D eigenvalue weighted by molar-refractivity contribution is 0.0702. The molecule has 0 heterocycles. The highest BCUT2D eigenvalue weighted by atomic mass is 32.2. The molecule has 2 aromatic carbocycles. The van der Waals surface area contributed by atoms with E-state index in [2.05, 4.69) is 0 Å². The first-order chi connectivity index (χ1) is 10.6. The van der Waals surface area contributed by atoms with Crippen LogP contribution in [0, 0.1) is 5.82 Å². The van der Waals surface area contributed by atoms with Crippen molar-refractivity contribution in [1.82, 2.24) is 4.90 Å². The Hall–Kier alpha value is -1.81. The number of benzene rings is 2. The van der Waals surface area contributed by atoms with Crippen LogP contribution in [0.15, 0.2) is 53.4 Å². The van der Waals surface area contributed by atoms with Crippen molar-refractivity contribution in [2.24, 2.45) is 0 Å². The zero-order valence-corrected chi connectivity index (χ0v) is 13.9. The van der Waals surface area contributed by atoms with Gasteiger partial charge in [-0.25, -0.2) is 4.39 Å². The van der Waals surface area contributed by atoms with Gasteiger partial charge in [-0.15, -0.1) is 11.8 Å². The molecule has 2 rings (SSSR count). The Morgan fingerprint density at radius 3 is 2.23 bits per heavy atom. The lowest BCUT2D eigenvalue weighted by Gasteiger charge is -2.28. The van der Waals surface area contributed by atoms with Gasteiger partial charge in [0.25, 0.3) is 5.91 Å². The number of hydrogen-bond donors (Lipinski definition) is 0. The van der Waals surface area contributed by atoms with E-state index < -0.39 is 0 Å². The van der Waals surface area contributed by atoms with E-state index in [1.165, 1.54) is 12.1 Å². The predicted molar refractivity (Wildman–Crippen MR) is 89.7 cm³/mol. The minimum atomic E-state index is -0.266. The SMILES string of the molecule is CCN(C(=O)c1ccc(SC)cc1)C(C)c1ccc(F)cc1. The van der Waals surface area contributed by atoms with Crippen molar-refractivity contribution < 1.29 is 9.18 Å². The summed E-state index contributed by atoms with van der Waals surface area (Å²) >= 11 is 1.65.